The minimum atomic E-state index is -0.541. The zero-order valence-corrected chi connectivity index (χ0v) is 8.32. The van der Waals surface area contributed by atoms with Crippen molar-refractivity contribution in [2.75, 3.05) is 0 Å². The van der Waals surface area contributed by atoms with Crippen molar-refractivity contribution < 1.29 is 14.3 Å². The van der Waals surface area contributed by atoms with Gasteiger partial charge in [0, 0.05) is 13.5 Å². The quantitative estimate of drug-likeness (QED) is 0.760. The fourth-order valence-electron chi connectivity index (χ4n) is 1.42. The van der Waals surface area contributed by atoms with Crippen LogP contribution >= 0.6 is 0 Å². The summed E-state index contributed by atoms with van der Waals surface area (Å²) in [6.45, 7) is 2.21. The highest BCUT2D eigenvalue weighted by atomic mass is 16.7. The van der Waals surface area contributed by atoms with Gasteiger partial charge in [-0.15, -0.1) is 0 Å². The third-order valence-electron chi connectivity index (χ3n) is 2.06. The van der Waals surface area contributed by atoms with Gasteiger partial charge in [-0.05, 0) is 17.7 Å². The molecule has 5 heteroatoms. The van der Waals surface area contributed by atoms with Gasteiger partial charge in [-0.25, -0.2) is 4.79 Å². The van der Waals surface area contributed by atoms with Crippen molar-refractivity contribution in [2.24, 2.45) is 5.73 Å². The lowest BCUT2D eigenvalue weighted by atomic mass is 10.2. The Morgan fingerprint density at radius 3 is 2.93 bits per heavy atom. The van der Waals surface area contributed by atoms with E-state index in [2.05, 4.69) is 5.32 Å². The smallest absolute Gasteiger partial charge is 0.312 e. The lowest BCUT2D eigenvalue weighted by molar-refractivity contribution is 0.0678. The number of primary amides is 1. The molecule has 0 aromatic heterocycles. The first-order valence-corrected chi connectivity index (χ1v) is 4.64. The Morgan fingerprint density at radius 2 is 2.20 bits per heavy atom. The third kappa shape index (κ3) is 2.12. The number of nitrogens with one attached hydrogen (secondary N) is 1. The van der Waals surface area contributed by atoms with Gasteiger partial charge in [0.15, 0.2) is 11.5 Å². The molecule has 0 bridgehead atoms. The standard InChI is InChI=1S/C10H12N2O3/c1-6-14-8-3-2-7(4-9(8)15-6)5-12-10(11)13/h2-4,6H,5H2,1H3,(H3,11,12,13). The SMILES string of the molecule is CC1Oc2ccc(CNC(N)=O)cc2O1. The van der Waals surface area contributed by atoms with Crippen LogP contribution in [-0.4, -0.2) is 12.3 Å². The third-order valence-corrected chi connectivity index (χ3v) is 2.06. The van der Waals surface area contributed by atoms with Crippen LogP contribution < -0.4 is 20.5 Å². The Hall–Kier alpha value is -1.91. The fourth-order valence-corrected chi connectivity index (χ4v) is 1.42. The van der Waals surface area contributed by atoms with Gasteiger partial charge in [0.1, 0.15) is 0 Å². The van der Waals surface area contributed by atoms with Gasteiger partial charge in [-0.1, -0.05) is 6.07 Å². The Kier molecular flexibility index (Phi) is 2.37. The molecule has 0 radical (unpaired) electrons. The van der Waals surface area contributed by atoms with Crippen LogP contribution in [0, 0.1) is 0 Å². The molecule has 0 fully saturated rings. The van der Waals surface area contributed by atoms with E-state index in [0.717, 1.165) is 11.3 Å². The maximum absolute atomic E-state index is 10.5. The molecule has 0 saturated carbocycles. The number of ether oxygens (including phenoxy) is 2. The molecule has 5 nitrogen and oxygen atoms in total. The van der Waals surface area contributed by atoms with E-state index in [1.165, 1.54) is 0 Å². The fraction of sp³-hybridized carbons (Fsp3) is 0.300. The van der Waals surface area contributed by atoms with Crippen molar-refractivity contribution in [2.45, 2.75) is 19.8 Å². The summed E-state index contributed by atoms with van der Waals surface area (Å²) in [5.74, 6) is 1.43. The van der Waals surface area contributed by atoms with Gasteiger partial charge in [0.2, 0.25) is 6.29 Å². The van der Waals surface area contributed by atoms with E-state index in [1.54, 1.807) is 0 Å². The second-order valence-corrected chi connectivity index (χ2v) is 3.30. The van der Waals surface area contributed by atoms with Crippen molar-refractivity contribution in [1.29, 1.82) is 0 Å². The highest BCUT2D eigenvalue weighted by Crippen LogP contribution is 2.34. The molecule has 2 rings (SSSR count). The predicted octanol–water partition coefficient (Wildman–Crippen LogP) is 0.972. The summed E-state index contributed by atoms with van der Waals surface area (Å²) in [5.41, 5.74) is 5.89. The summed E-state index contributed by atoms with van der Waals surface area (Å²) >= 11 is 0. The molecule has 3 N–H and O–H groups in total. The van der Waals surface area contributed by atoms with Crippen LogP contribution in [0.2, 0.25) is 0 Å². The number of amides is 2. The van der Waals surface area contributed by atoms with Gasteiger partial charge in [-0.2, -0.15) is 0 Å². The number of carbonyl (C=O) groups is 1. The molecule has 15 heavy (non-hydrogen) atoms. The van der Waals surface area contributed by atoms with Crippen LogP contribution in [0.1, 0.15) is 12.5 Å². The summed E-state index contributed by atoms with van der Waals surface area (Å²) in [4.78, 5) is 10.5. The molecule has 1 unspecified atom stereocenters. The highest BCUT2D eigenvalue weighted by Gasteiger charge is 2.19. The number of benzene rings is 1. The summed E-state index contributed by atoms with van der Waals surface area (Å²) in [7, 11) is 0. The van der Waals surface area contributed by atoms with Crippen molar-refractivity contribution in [3.05, 3.63) is 23.8 Å². The van der Waals surface area contributed by atoms with E-state index in [-0.39, 0.29) is 6.29 Å². The van der Waals surface area contributed by atoms with E-state index in [9.17, 15) is 4.79 Å². The van der Waals surface area contributed by atoms with Crippen molar-refractivity contribution in [1.82, 2.24) is 5.32 Å². The molecule has 1 aliphatic rings. The first-order chi connectivity index (χ1) is 7.15. The maximum Gasteiger partial charge on any atom is 0.312 e. The van der Waals surface area contributed by atoms with E-state index in [4.69, 9.17) is 15.2 Å². The molecular weight excluding hydrogens is 196 g/mol. The lowest BCUT2D eigenvalue weighted by Gasteiger charge is -2.03. The monoisotopic (exact) mass is 208 g/mol. The van der Waals surface area contributed by atoms with E-state index < -0.39 is 6.03 Å². The zero-order valence-electron chi connectivity index (χ0n) is 8.32. The number of rotatable bonds is 2. The minimum absolute atomic E-state index is 0.251. The second-order valence-electron chi connectivity index (χ2n) is 3.30. The Labute approximate surface area is 87.2 Å². The largest absolute Gasteiger partial charge is 0.451 e. The minimum Gasteiger partial charge on any atom is -0.451 e. The Bertz CT molecular complexity index is 392. The van der Waals surface area contributed by atoms with Crippen LogP contribution in [0.25, 0.3) is 0 Å². The van der Waals surface area contributed by atoms with Crippen molar-refractivity contribution in [3.63, 3.8) is 0 Å². The van der Waals surface area contributed by atoms with Crippen LogP contribution in [0.3, 0.4) is 0 Å². The predicted molar refractivity (Wildman–Crippen MR) is 53.6 cm³/mol. The molecule has 1 aromatic rings. The summed E-state index contributed by atoms with van der Waals surface area (Å²) in [6, 6.07) is 4.96. The number of urea groups is 1. The van der Waals surface area contributed by atoms with Gasteiger partial charge < -0.3 is 20.5 Å². The first kappa shape index (κ1) is 9.64. The van der Waals surface area contributed by atoms with Gasteiger partial charge in [0.25, 0.3) is 0 Å². The average Bonchev–Trinajstić information content (AvgIpc) is 2.53. The zero-order chi connectivity index (χ0) is 10.8. The number of carbonyl (C=O) groups excluding carboxylic acids is 1. The van der Waals surface area contributed by atoms with E-state index in [1.807, 2.05) is 25.1 Å². The maximum atomic E-state index is 10.5. The van der Waals surface area contributed by atoms with Crippen LogP contribution in [-0.2, 0) is 6.54 Å². The van der Waals surface area contributed by atoms with Crippen molar-refractivity contribution in [3.8, 4) is 11.5 Å². The molecular formula is C10H12N2O3. The molecule has 1 atom stereocenters. The Balaban J connectivity index is 2.09. The molecule has 0 spiro atoms. The second kappa shape index (κ2) is 3.68. The molecule has 1 aromatic carbocycles. The molecule has 1 aliphatic heterocycles. The highest BCUT2D eigenvalue weighted by molar-refractivity contribution is 5.71. The normalized spacial score (nSPS) is 17.5. The number of fused-ring (bicyclic) bond motifs is 1. The Morgan fingerprint density at radius 1 is 1.47 bits per heavy atom. The molecule has 1 heterocycles. The lowest BCUT2D eigenvalue weighted by Crippen LogP contribution is -2.28. The summed E-state index contributed by atoms with van der Waals surface area (Å²) in [6.07, 6.45) is -0.251. The first-order valence-electron chi connectivity index (χ1n) is 4.64. The van der Waals surface area contributed by atoms with E-state index >= 15 is 0 Å². The van der Waals surface area contributed by atoms with Crippen LogP contribution in [0.15, 0.2) is 18.2 Å². The molecule has 0 saturated heterocycles. The number of hydrogen-bond acceptors (Lipinski definition) is 3. The summed E-state index contributed by atoms with van der Waals surface area (Å²) < 4.78 is 10.7. The number of hydrogen-bond donors (Lipinski definition) is 2. The van der Waals surface area contributed by atoms with Gasteiger partial charge in [-0.3, -0.25) is 0 Å². The number of nitrogens with two attached hydrogens (primary N) is 1. The van der Waals surface area contributed by atoms with Gasteiger partial charge >= 0.3 is 6.03 Å². The molecule has 0 aliphatic carbocycles. The summed E-state index contributed by atoms with van der Waals surface area (Å²) in [5, 5.41) is 2.51. The van der Waals surface area contributed by atoms with E-state index in [0.29, 0.717) is 12.3 Å². The molecule has 2 amide bonds. The van der Waals surface area contributed by atoms with Gasteiger partial charge in [0.05, 0.1) is 0 Å². The average molecular weight is 208 g/mol. The topological polar surface area (TPSA) is 73.6 Å². The van der Waals surface area contributed by atoms with Crippen LogP contribution in [0.5, 0.6) is 11.5 Å². The molecule has 80 valence electrons. The van der Waals surface area contributed by atoms with Crippen LogP contribution in [0.4, 0.5) is 4.79 Å². The van der Waals surface area contributed by atoms with Crippen molar-refractivity contribution >= 4 is 6.03 Å².